The summed E-state index contributed by atoms with van der Waals surface area (Å²) < 4.78 is 5.93. The van der Waals surface area contributed by atoms with Crippen LogP contribution in [0, 0.1) is 0 Å². The van der Waals surface area contributed by atoms with Crippen LogP contribution in [0.25, 0.3) is 0 Å². The molecule has 0 aromatic heterocycles. The fraction of sp³-hybridized carbons (Fsp3) is 0.533. The first-order chi connectivity index (χ1) is 9.19. The van der Waals surface area contributed by atoms with Gasteiger partial charge >= 0.3 is 0 Å². The minimum Gasteiger partial charge on any atom is -0.488 e. The molecular weight excluding hydrogens is 240 g/mol. The Morgan fingerprint density at radius 1 is 1.37 bits per heavy atom. The molecule has 0 unspecified atom stereocenters. The van der Waals surface area contributed by atoms with Crippen molar-refractivity contribution < 1.29 is 9.53 Å². The zero-order valence-electron chi connectivity index (χ0n) is 11.4. The number of rotatable bonds is 4. The molecule has 0 heterocycles. The fourth-order valence-electron chi connectivity index (χ4n) is 2.35. The zero-order chi connectivity index (χ0) is 13.7. The predicted octanol–water partition coefficient (Wildman–Crippen LogP) is 3.33. The second kappa shape index (κ2) is 6.45. The van der Waals surface area contributed by atoms with E-state index < -0.39 is 0 Å². The summed E-state index contributed by atoms with van der Waals surface area (Å²) in [5.74, 6) is 0.710. The van der Waals surface area contributed by atoms with Crippen LogP contribution in [-0.4, -0.2) is 12.0 Å². The smallest absolute Gasteiger partial charge is 0.224 e. The van der Waals surface area contributed by atoms with Gasteiger partial charge in [-0.1, -0.05) is 13.3 Å². The number of carbonyl (C=O) groups excluding carboxylic acids is 1. The maximum atomic E-state index is 11.3. The van der Waals surface area contributed by atoms with Crippen molar-refractivity contribution in [3.63, 3.8) is 0 Å². The van der Waals surface area contributed by atoms with Gasteiger partial charge in [0.2, 0.25) is 5.91 Å². The Bertz CT molecular complexity index is 440. The molecule has 4 nitrogen and oxygen atoms in total. The number of ether oxygens (including phenoxy) is 1. The second-order valence-corrected chi connectivity index (χ2v) is 5.03. The Morgan fingerprint density at radius 3 is 2.74 bits per heavy atom. The van der Waals surface area contributed by atoms with E-state index in [4.69, 9.17) is 10.5 Å². The fourth-order valence-corrected chi connectivity index (χ4v) is 2.35. The van der Waals surface area contributed by atoms with Gasteiger partial charge in [0.1, 0.15) is 5.75 Å². The molecule has 1 aliphatic rings. The molecule has 1 saturated carbocycles. The lowest BCUT2D eigenvalue weighted by molar-refractivity contribution is -0.115. The van der Waals surface area contributed by atoms with Crippen LogP contribution >= 0.6 is 0 Å². The van der Waals surface area contributed by atoms with E-state index in [0.717, 1.165) is 24.3 Å². The second-order valence-electron chi connectivity index (χ2n) is 5.03. The van der Waals surface area contributed by atoms with Crippen molar-refractivity contribution in [2.24, 2.45) is 0 Å². The van der Waals surface area contributed by atoms with E-state index in [1.54, 1.807) is 6.07 Å². The summed E-state index contributed by atoms with van der Waals surface area (Å²) >= 11 is 0. The van der Waals surface area contributed by atoms with Gasteiger partial charge in [0.05, 0.1) is 11.8 Å². The Kier molecular flexibility index (Phi) is 4.66. The van der Waals surface area contributed by atoms with Crippen LogP contribution in [0.3, 0.4) is 0 Å². The first kappa shape index (κ1) is 13.7. The molecular formula is C15H22N2O2. The molecule has 1 aliphatic carbocycles. The van der Waals surface area contributed by atoms with Gasteiger partial charge in [-0.2, -0.15) is 0 Å². The van der Waals surface area contributed by atoms with Crippen LogP contribution < -0.4 is 15.8 Å². The quantitative estimate of drug-likeness (QED) is 0.818. The highest BCUT2D eigenvalue weighted by Crippen LogP contribution is 2.29. The monoisotopic (exact) mass is 262 g/mol. The van der Waals surface area contributed by atoms with Gasteiger partial charge in [0.15, 0.2) is 0 Å². The average molecular weight is 262 g/mol. The highest BCUT2D eigenvalue weighted by Gasteiger charge is 2.16. The Morgan fingerprint density at radius 2 is 2.11 bits per heavy atom. The highest BCUT2D eigenvalue weighted by molar-refractivity contribution is 5.91. The van der Waals surface area contributed by atoms with E-state index >= 15 is 0 Å². The summed E-state index contributed by atoms with van der Waals surface area (Å²) in [6.07, 6.45) is 6.72. The van der Waals surface area contributed by atoms with E-state index in [1.807, 2.05) is 19.1 Å². The van der Waals surface area contributed by atoms with E-state index in [9.17, 15) is 4.79 Å². The molecule has 0 saturated heterocycles. The molecule has 104 valence electrons. The van der Waals surface area contributed by atoms with Gasteiger partial charge in [-0.15, -0.1) is 0 Å². The minimum atomic E-state index is -0.0136. The van der Waals surface area contributed by atoms with Gasteiger partial charge in [0.25, 0.3) is 0 Å². The number of benzene rings is 1. The number of anilines is 2. The lowest BCUT2D eigenvalue weighted by atomic mass is 9.98. The number of amides is 1. The molecule has 4 heteroatoms. The minimum absolute atomic E-state index is 0.0136. The SMILES string of the molecule is CCC(=O)Nc1ccc(OC2CCCCC2)c(N)c1. The molecule has 1 aromatic carbocycles. The van der Waals surface area contributed by atoms with E-state index in [2.05, 4.69) is 5.32 Å². The molecule has 2 rings (SSSR count). The number of hydrogen-bond donors (Lipinski definition) is 2. The summed E-state index contributed by atoms with van der Waals surface area (Å²) in [4.78, 5) is 11.3. The van der Waals surface area contributed by atoms with Crippen LogP contribution in [0.1, 0.15) is 45.4 Å². The van der Waals surface area contributed by atoms with Gasteiger partial charge in [0, 0.05) is 12.1 Å². The zero-order valence-corrected chi connectivity index (χ0v) is 11.4. The molecule has 0 aliphatic heterocycles. The number of nitrogens with one attached hydrogen (secondary N) is 1. The van der Waals surface area contributed by atoms with Crippen LogP contribution in [0.4, 0.5) is 11.4 Å². The van der Waals surface area contributed by atoms with Crippen LogP contribution in [0.5, 0.6) is 5.75 Å². The van der Waals surface area contributed by atoms with Crippen LogP contribution in [0.15, 0.2) is 18.2 Å². The molecule has 3 N–H and O–H groups in total. The molecule has 0 radical (unpaired) electrons. The number of hydrogen-bond acceptors (Lipinski definition) is 3. The third kappa shape index (κ3) is 3.88. The maximum absolute atomic E-state index is 11.3. The van der Waals surface area contributed by atoms with E-state index in [0.29, 0.717) is 12.1 Å². The van der Waals surface area contributed by atoms with Gasteiger partial charge in [-0.3, -0.25) is 4.79 Å². The van der Waals surface area contributed by atoms with Crippen molar-refractivity contribution in [1.82, 2.24) is 0 Å². The molecule has 0 spiro atoms. The van der Waals surface area contributed by atoms with Crippen LogP contribution in [0.2, 0.25) is 0 Å². The lowest BCUT2D eigenvalue weighted by Gasteiger charge is -2.23. The molecule has 0 bridgehead atoms. The Hall–Kier alpha value is -1.71. The largest absolute Gasteiger partial charge is 0.488 e. The number of carbonyl (C=O) groups is 1. The summed E-state index contributed by atoms with van der Waals surface area (Å²) in [6.45, 7) is 1.82. The summed E-state index contributed by atoms with van der Waals surface area (Å²) in [5, 5.41) is 2.79. The highest BCUT2D eigenvalue weighted by atomic mass is 16.5. The van der Waals surface area contributed by atoms with Crippen molar-refractivity contribution >= 4 is 17.3 Å². The Labute approximate surface area is 114 Å². The Balaban J connectivity index is 2.00. The van der Waals surface area contributed by atoms with Crippen molar-refractivity contribution in [1.29, 1.82) is 0 Å². The third-order valence-electron chi connectivity index (χ3n) is 3.46. The average Bonchev–Trinajstić information content (AvgIpc) is 2.43. The van der Waals surface area contributed by atoms with Crippen LogP contribution in [-0.2, 0) is 4.79 Å². The predicted molar refractivity (Wildman–Crippen MR) is 77.3 cm³/mol. The third-order valence-corrected chi connectivity index (χ3v) is 3.46. The van der Waals surface area contributed by atoms with Gasteiger partial charge in [-0.25, -0.2) is 0 Å². The molecule has 19 heavy (non-hydrogen) atoms. The number of nitrogens with two attached hydrogens (primary N) is 1. The van der Waals surface area contributed by atoms with Crippen molar-refractivity contribution in [2.45, 2.75) is 51.6 Å². The molecule has 0 atom stereocenters. The lowest BCUT2D eigenvalue weighted by Crippen LogP contribution is -2.20. The van der Waals surface area contributed by atoms with E-state index in [-0.39, 0.29) is 12.0 Å². The molecule has 1 amide bonds. The summed E-state index contributed by atoms with van der Waals surface area (Å²) in [5.41, 5.74) is 7.28. The summed E-state index contributed by atoms with van der Waals surface area (Å²) in [7, 11) is 0. The van der Waals surface area contributed by atoms with Gasteiger partial charge in [-0.05, 0) is 43.9 Å². The van der Waals surface area contributed by atoms with Crippen molar-refractivity contribution in [3.05, 3.63) is 18.2 Å². The van der Waals surface area contributed by atoms with Crippen molar-refractivity contribution in [2.75, 3.05) is 11.1 Å². The van der Waals surface area contributed by atoms with Gasteiger partial charge < -0.3 is 15.8 Å². The first-order valence-corrected chi connectivity index (χ1v) is 7.05. The normalized spacial score (nSPS) is 16.1. The topological polar surface area (TPSA) is 64.3 Å². The summed E-state index contributed by atoms with van der Waals surface area (Å²) in [6, 6.07) is 5.43. The van der Waals surface area contributed by atoms with Crippen molar-refractivity contribution in [3.8, 4) is 5.75 Å². The molecule has 1 fully saturated rings. The van der Waals surface area contributed by atoms with E-state index in [1.165, 1.54) is 19.3 Å². The first-order valence-electron chi connectivity index (χ1n) is 7.05. The maximum Gasteiger partial charge on any atom is 0.224 e. The molecule has 1 aromatic rings. The number of nitrogen functional groups attached to an aromatic ring is 1. The standard InChI is InChI=1S/C15H22N2O2/c1-2-15(18)17-11-8-9-14(13(16)10-11)19-12-6-4-3-5-7-12/h8-10,12H,2-7,16H2,1H3,(H,17,18).